The standard InChI is InChI=1S/C13H8F3NO3/c1-20-6-4-8(15)11(9(16)5-6)10-3-2-7(14)12(17-10)13(18)19/h2-5H,1H3,(H,18,19). The first-order chi connectivity index (χ1) is 9.43. The number of carbonyl (C=O) groups is 1. The predicted molar refractivity (Wildman–Crippen MR) is 63.1 cm³/mol. The van der Waals surface area contributed by atoms with Crippen molar-refractivity contribution < 1.29 is 27.8 Å². The van der Waals surface area contributed by atoms with E-state index in [9.17, 15) is 18.0 Å². The maximum absolute atomic E-state index is 13.8. The van der Waals surface area contributed by atoms with Gasteiger partial charge < -0.3 is 9.84 Å². The van der Waals surface area contributed by atoms with Crippen LogP contribution in [0.2, 0.25) is 0 Å². The lowest BCUT2D eigenvalue weighted by molar-refractivity contribution is 0.0685. The molecule has 104 valence electrons. The van der Waals surface area contributed by atoms with E-state index in [-0.39, 0.29) is 11.4 Å². The van der Waals surface area contributed by atoms with Crippen molar-refractivity contribution in [3.8, 4) is 17.0 Å². The summed E-state index contributed by atoms with van der Waals surface area (Å²) in [6.45, 7) is 0. The SMILES string of the molecule is COc1cc(F)c(-c2ccc(F)c(C(=O)O)n2)c(F)c1. The second-order valence-electron chi connectivity index (χ2n) is 3.80. The molecule has 0 bridgehead atoms. The van der Waals surface area contributed by atoms with E-state index in [0.717, 1.165) is 24.3 Å². The molecule has 4 nitrogen and oxygen atoms in total. The zero-order valence-corrected chi connectivity index (χ0v) is 10.2. The van der Waals surface area contributed by atoms with Gasteiger partial charge in [0.15, 0.2) is 11.5 Å². The number of carboxylic acids is 1. The van der Waals surface area contributed by atoms with Gasteiger partial charge in [-0.25, -0.2) is 22.9 Å². The Morgan fingerprint density at radius 1 is 1.15 bits per heavy atom. The number of hydrogen-bond donors (Lipinski definition) is 1. The molecule has 0 saturated carbocycles. The van der Waals surface area contributed by atoms with Gasteiger partial charge in [-0.05, 0) is 12.1 Å². The minimum atomic E-state index is -1.63. The van der Waals surface area contributed by atoms with Crippen molar-refractivity contribution in [1.29, 1.82) is 0 Å². The van der Waals surface area contributed by atoms with E-state index < -0.39 is 34.7 Å². The van der Waals surface area contributed by atoms with Crippen LogP contribution in [0.3, 0.4) is 0 Å². The van der Waals surface area contributed by atoms with E-state index in [1.54, 1.807) is 0 Å². The molecule has 20 heavy (non-hydrogen) atoms. The summed E-state index contributed by atoms with van der Waals surface area (Å²) >= 11 is 0. The second kappa shape index (κ2) is 5.20. The Morgan fingerprint density at radius 3 is 2.25 bits per heavy atom. The number of ether oxygens (including phenoxy) is 1. The number of benzene rings is 1. The fourth-order valence-electron chi connectivity index (χ4n) is 1.64. The summed E-state index contributed by atoms with van der Waals surface area (Å²) in [5.41, 5.74) is -1.77. The fraction of sp³-hybridized carbons (Fsp3) is 0.0769. The average molecular weight is 283 g/mol. The molecule has 1 aromatic carbocycles. The molecule has 0 saturated heterocycles. The van der Waals surface area contributed by atoms with Crippen molar-refractivity contribution in [2.75, 3.05) is 7.11 Å². The Balaban J connectivity index is 2.63. The van der Waals surface area contributed by atoms with Crippen LogP contribution in [0, 0.1) is 17.5 Å². The molecule has 1 N–H and O–H groups in total. The Hall–Kier alpha value is -2.57. The number of aromatic carboxylic acids is 1. The Bertz CT molecular complexity index is 666. The highest BCUT2D eigenvalue weighted by Gasteiger charge is 2.19. The zero-order chi connectivity index (χ0) is 14.9. The van der Waals surface area contributed by atoms with Gasteiger partial charge in [0.2, 0.25) is 0 Å². The molecule has 2 rings (SSSR count). The van der Waals surface area contributed by atoms with Gasteiger partial charge in [-0.15, -0.1) is 0 Å². The smallest absolute Gasteiger partial charge is 0.357 e. The summed E-state index contributed by atoms with van der Waals surface area (Å²) in [6, 6.07) is 3.62. The number of aromatic nitrogens is 1. The summed E-state index contributed by atoms with van der Waals surface area (Å²) in [5, 5.41) is 8.75. The Morgan fingerprint density at radius 2 is 1.75 bits per heavy atom. The molecule has 0 atom stereocenters. The van der Waals surface area contributed by atoms with Crippen LogP contribution in [-0.2, 0) is 0 Å². The molecule has 0 radical (unpaired) electrons. The fourth-order valence-corrected chi connectivity index (χ4v) is 1.64. The molecule has 0 aliphatic rings. The van der Waals surface area contributed by atoms with Gasteiger partial charge in [0.05, 0.1) is 18.4 Å². The van der Waals surface area contributed by atoms with E-state index in [1.165, 1.54) is 7.11 Å². The van der Waals surface area contributed by atoms with E-state index >= 15 is 0 Å². The molecule has 0 amide bonds. The summed E-state index contributed by atoms with van der Waals surface area (Å²) < 4.78 is 45.5. The Kier molecular flexibility index (Phi) is 3.60. The largest absolute Gasteiger partial charge is 0.497 e. The quantitative estimate of drug-likeness (QED) is 0.941. The maximum atomic E-state index is 13.8. The van der Waals surface area contributed by atoms with Crippen LogP contribution in [0.5, 0.6) is 5.75 Å². The van der Waals surface area contributed by atoms with E-state index in [1.807, 2.05) is 0 Å². The number of rotatable bonds is 3. The molecule has 2 aromatic rings. The molecular weight excluding hydrogens is 275 g/mol. The van der Waals surface area contributed by atoms with E-state index in [0.29, 0.717) is 0 Å². The summed E-state index contributed by atoms with van der Waals surface area (Å²) in [7, 11) is 1.24. The van der Waals surface area contributed by atoms with Crippen LogP contribution in [0.15, 0.2) is 24.3 Å². The highest BCUT2D eigenvalue weighted by molar-refractivity contribution is 5.86. The third kappa shape index (κ3) is 2.42. The average Bonchev–Trinajstić information content (AvgIpc) is 2.39. The van der Waals surface area contributed by atoms with Gasteiger partial charge in [0, 0.05) is 12.1 Å². The summed E-state index contributed by atoms with van der Waals surface area (Å²) in [6.07, 6.45) is 0. The zero-order valence-electron chi connectivity index (χ0n) is 10.2. The van der Waals surface area contributed by atoms with Crippen molar-refractivity contribution in [2.24, 2.45) is 0 Å². The van der Waals surface area contributed by atoms with Crippen LogP contribution in [-0.4, -0.2) is 23.2 Å². The third-order valence-corrected chi connectivity index (χ3v) is 2.56. The first-order valence-electron chi connectivity index (χ1n) is 5.37. The van der Waals surface area contributed by atoms with Gasteiger partial charge in [0.1, 0.15) is 17.4 Å². The van der Waals surface area contributed by atoms with E-state index in [2.05, 4.69) is 4.98 Å². The minimum absolute atomic E-state index is 0.0377. The minimum Gasteiger partial charge on any atom is -0.497 e. The van der Waals surface area contributed by atoms with Crippen molar-refractivity contribution >= 4 is 5.97 Å². The lowest BCUT2D eigenvalue weighted by atomic mass is 10.1. The summed E-state index contributed by atoms with van der Waals surface area (Å²) in [5.74, 6) is -4.73. The number of methoxy groups -OCH3 is 1. The van der Waals surface area contributed by atoms with Crippen molar-refractivity contribution in [1.82, 2.24) is 4.98 Å². The molecule has 0 fully saturated rings. The van der Waals surface area contributed by atoms with Gasteiger partial charge in [0.25, 0.3) is 0 Å². The normalized spacial score (nSPS) is 10.4. The molecule has 1 heterocycles. The highest BCUT2D eigenvalue weighted by atomic mass is 19.1. The molecule has 0 aliphatic heterocycles. The van der Waals surface area contributed by atoms with Crippen LogP contribution < -0.4 is 4.74 Å². The maximum Gasteiger partial charge on any atom is 0.357 e. The highest BCUT2D eigenvalue weighted by Crippen LogP contribution is 2.29. The van der Waals surface area contributed by atoms with E-state index in [4.69, 9.17) is 9.84 Å². The monoisotopic (exact) mass is 283 g/mol. The van der Waals surface area contributed by atoms with Gasteiger partial charge in [-0.1, -0.05) is 0 Å². The molecule has 1 aromatic heterocycles. The number of hydrogen-bond acceptors (Lipinski definition) is 3. The van der Waals surface area contributed by atoms with Crippen molar-refractivity contribution in [3.63, 3.8) is 0 Å². The van der Waals surface area contributed by atoms with Gasteiger partial charge in [-0.2, -0.15) is 0 Å². The number of nitrogens with zero attached hydrogens (tertiary/aromatic N) is 1. The van der Waals surface area contributed by atoms with Crippen LogP contribution in [0.1, 0.15) is 10.5 Å². The van der Waals surface area contributed by atoms with Crippen LogP contribution in [0.25, 0.3) is 11.3 Å². The van der Waals surface area contributed by atoms with Gasteiger partial charge in [-0.3, -0.25) is 0 Å². The number of pyridine rings is 1. The third-order valence-electron chi connectivity index (χ3n) is 2.56. The topological polar surface area (TPSA) is 59.4 Å². The van der Waals surface area contributed by atoms with Gasteiger partial charge >= 0.3 is 5.97 Å². The van der Waals surface area contributed by atoms with Crippen LogP contribution >= 0.6 is 0 Å². The first-order valence-corrected chi connectivity index (χ1v) is 5.37. The second-order valence-corrected chi connectivity index (χ2v) is 3.80. The number of halogens is 3. The predicted octanol–water partition coefficient (Wildman–Crippen LogP) is 2.87. The molecular formula is C13H8F3NO3. The van der Waals surface area contributed by atoms with Crippen molar-refractivity contribution in [3.05, 3.63) is 47.4 Å². The Labute approximate surface area is 111 Å². The summed E-state index contributed by atoms with van der Waals surface area (Å²) in [4.78, 5) is 14.2. The first kappa shape index (κ1) is 13.9. The molecule has 0 spiro atoms. The van der Waals surface area contributed by atoms with Crippen LogP contribution in [0.4, 0.5) is 13.2 Å². The lowest BCUT2D eigenvalue weighted by Crippen LogP contribution is -2.06. The molecule has 7 heteroatoms. The lowest BCUT2D eigenvalue weighted by Gasteiger charge is -2.08. The molecule has 0 aliphatic carbocycles. The molecule has 0 unspecified atom stereocenters. The van der Waals surface area contributed by atoms with Crippen molar-refractivity contribution in [2.45, 2.75) is 0 Å². The number of carboxylic acid groups (broad SMARTS) is 1.